The number of hydrogen-bond donors (Lipinski definition) is 2. The van der Waals surface area contributed by atoms with Crippen molar-refractivity contribution in [3.05, 3.63) is 0 Å². The van der Waals surface area contributed by atoms with Gasteiger partial charge in [-0.15, -0.1) is 0 Å². The number of aliphatic hydroxyl groups excluding tert-OH is 1. The van der Waals surface area contributed by atoms with E-state index in [-0.39, 0.29) is 16.9 Å². The van der Waals surface area contributed by atoms with Crippen molar-refractivity contribution in [2.45, 2.75) is 71.1 Å². The van der Waals surface area contributed by atoms with Gasteiger partial charge in [0.2, 0.25) is 0 Å². The van der Waals surface area contributed by atoms with Crippen LogP contribution in [0.4, 0.5) is 0 Å². The number of rotatable bonds is 3. The summed E-state index contributed by atoms with van der Waals surface area (Å²) < 4.78 is 5.85. The second kappa shape index (κ2) is 4.71. The van der Waals surface area contributed by atoms with E-state index in [4.69, 9.17) is 4.74 Å². The van der Waals surface area contributed by atoms with Crippen LogP contribution < -0.4 is 5.32 Å². The highest BCUT2D eigenvalue weighted by Gasteiger charge is 2.59. The first-order valence-electron chi connectivity index (χ1n) is 7.98. The van der Waals surface area contributed by atoms with Crippen molar-refractivity contribution in [3.8, 4) is 0 Å². The summed E-state index contributed by atoms with van der Waals surface area (Å²) in [6, 6.07) is 0.561. The molecular formula is C16H29NO2. The summed E-state index contributed by atoms with van der Waals surface area (Å²) in [6.07, 6.45) is 6.09. The first-order valence-corrected chi connectivity index (χ1v) is 7.98. The normalized spacial score (nSPS) is 48.6. The van der Waals surface area contributed by atoms with Crippen molar-refractivity contribution in [2.24, 2.45) is 16.7 Å². The Morgan fingerprint density at radius 3 is 2.74 bits per heavy atom. The van der Waals surface area contributed by atoms with Crippen molar-refractivity contribution in [1.82, 2.24) is 5.32 Å². The second-order valence-electron chi connectivity index (χ2n) is 7.84. The van der Waals surface area contributed by atoms with Crippen LogP contribution in [0.15, 0.2) is 0 Å². The van der Waals surface area contributed by atoms with Gasteiger partial charge in [0, 0.05) is 35.9 Å². The van der Waals surface area contributed by atoms with Crippen LogP contribution in [0.1, 0.15) is 52.9 Å². The van der Waals surface area contributed by atoms with Crippen molar-refractivity contribution in [2.75, 3.05) is 13.2 Å². The van der Waals surface area contributed by atoms with E-state index in [1.807, 2.05) is 0 Å². The lowest BCUT2D eigenvalue weighted by Crippen LogP contribution is -2.67. The maximum absolute atomic E-state index is 10.3. The van der Waals surface area contributed by atoms with Crippen molar-refractivity contribution in [1.29, 1.82) is 0 Å². The van der Waals surface area contributed by atoms with Crippen LogP contribution in [0.3, 0.4) is 0 Å². The molecule has 19 heavy (non-hydrogen) atoms. The van der Waals surface area contributed by atoms with Crippen LogP contribution in [0.25, 0.3) is 0 Å². The number of fused-ring (bicyclic) bond motifs is 1. The van der Waals surface area contributed by atoms with Crippen molar-refractivity contribution < 1.29 is 9.84 Å². The average molecular weight is 267 g/mol. The Bertz CT molecular complexity index is 344. The van der Waals surface area contributed by atoms with Crippen LogP contribution in [0.2, 0.25) is 0 Å². The molecule has 3 aliphatic rings. The van der Waals surface area contributed by atoms with E-state index in [9.17, 15) is 5.11 Å². The summed E-state index contributed by atoms with van der Waals surface area (Å²) in [6.45, 7) is 8.76. The lowest BCUT2D eigenvalue weighted by Gasteiger charge is -2.56. The molecule has 3 rings (SSSR count). The van der Waals surface area contributed by atoms with Gasteiger partial charge in [0.25, 0.3) is 0 Å². The van der Waals surface area contributed by atoms with Crippen LogP contribution in [0.5, 0.6) is 0 Å². The van der Waals surface area contributed by atoms with Gasteiger partial charge >= 0.3 is 0 Å². The molecule has 0 aromatic heterocycles. The number of ether oxygens (including phenoxy) is 1. The molecule has 0 radical (unpaired) electrons. The van der Waals surface area contributed by atoms with Crippen LogP contribution in [0, 0.1) is 16.7 Å². The lowest BCUT2D eigenvalue weighted by atomic mass is 9.57. The highest BCUT2D eigenvalue weighted by atomic mass is 16.5. The molecular weight excluding hydrogens is 238 g/mol. The monoisotopic (exact) mass is 267 g/mol. The minimum atomic E-state index is -0.132. The van der Waals surface area contributed by atoms with Gasteiger partial charge in [0.1, 0.15) is 0 Å². The summed E-state index contributed by atoms with van der Waals surface area (Å²) in [5, 5.41) is 14.1. The minimum Gasteiger partial charge on any atom is -0.393 e. The SMILES string of the molecule is CC1(CNC2C3CCOC3C2(C)C)CCCCC1O. The van der Waals surface area contributed by atoms with E-state index in [2.05, 4.69) is 26.1 Å². The van der Waals surface area contributed by atoms with Crippen molar-refractivity contribution >= 4 is 0 Å². The maximum Gasteiger partial charge on any atom is 0.0685 e. The smallest absolute Gasteiger partial charge is 0.0685 e. The van der Waals surface area contributed by atoms with Crippen molar-refractivity contribution in [3.63, 3.8) is 0 Å². The number of hydrogen-bond acceptors (Lipinski definition) is 3. The molecule has 2 saturated carbocycles. The topological polar surface area (TPSA) is 41.5 Å². The molecule has 5 unspecified atom stereocenters. The fraction of sp³-hybridized carbons (Fsp3) is 1.00. The minimum absolute atomic E-state index is 0.0683. The molecule has 2 aliphatic carbocycles. The molecule has 110 valence electrons. The Balaban J connectivity index is 1.60. The van der Waals surface area contributed by atoms with E-state index in [0.29, 0.717) is 18.1 Å². The second-order valence-corrected chi connectivity index (χ2v) is 7.84. The Hall–Kier alpha value is -0.120. The summed E-state index contributed by atoms with van der Waals surface area (Å²) in [7, 11) is 0. The molecule has 1 heterocycles. The zero-order valence-corrected chi connectivity index (χ0v) is 12.6. The Kier molecular flexibility index (Phi) is 3.43. The van der Waals surface area contributed by atoms with Gasteiger partial charge in [-0.2, -0.15) is 0 Å². The summed E-state index contributed by atoms with van der Waals surface area (Å²) in [5.74, 6) is 0.694. The van der Waals surface area contributed by atoms with Gasteiger partial charge in [-0.25, -0.2) is 0 Å². The first-order chi connectivity index (χ1) is 8.95. The van der Waals surface area contributed by atoms with Crippen LogP contribution >= 0.6 is 0 Å². The van der Waals surface area contributed by atoms with Gasteiger partial charge in [0.15, 0.2) is 0 Å². The van der Waals surface area contributed by atoms with E-state index < -0.39 is 0 Å². The fourth-order valence-corrected chi connectivity index (χ4v) is 4.67. The van der Waals surface area contributed by atoms with Gasteiger partial charge in [-0.1, -0.05) is 33.6 Å². The Morgan fingerprint density at radius 2 is 2.00 bits per heavy atom. The third kappa shape index (κ3) is 2.14. The Morgan fingerprint density at radius 1 is 1.21 bits per heavy atom. The zero-order chi connectivity index (χ0) is 13.7. The molecule has 0 amide bonds. The molecule has 3 heteroatoms. The number of aliphatic hydroxyl groups is 1. The molecule has 0 spiro atoms. The van der Waals surface area contributed by atoms with Crippen LogP contribution in [-0.4, -0.2) is 36.5 Å². The van der Waals surface area contributed by atoms with E-state index in [1.165, 1.54) is 19.3 Å². The molecule has 1 aliphatic heterocycles. The highest BCUT2D eigenvalue weighted by molar-refractivity contribution is 5.11. The predicted molar refractivity (Wildman–Crippen MR) is 76.0 cm³/mol. The van der Waals surface area contributed by atoms with Gasteiger partial charge < -0.3 is 15.2 Å². The largest absolute Gasteiger partial charge is 0.393 e. The van der Waals surface area contributed by atoms with Gasteiger partial charge in [0.05, 0.1) is 12.2 Å². The lowest BCUT2D eigenvalue weighted by molar-refractivity contribution is -0.117. The van der Waals surface area contributed by atoms with Gasteiger partial charge in [-0.3, -0.25) is 0 Å². The fourth-order valence-electron chi connectivity index (χ4n) is 4.67. The van der Waals surface area contributed by atoms with E-state index >= 15 is 0 Å². The van der Waals surface area contributed by atoms with E-state index in [1.54, 1.807) is 0 Å². The molecule has 2 N–H and O–H groups in total. The zero-order valence-electron chi connectivity index (χ0n) is 12.6. The number of nitrogens with one attached hydrogen (secondary N) is 1. The molecule has 3 nitrogen and oxygen atoms in total. The summed E-state index contributed by atoms with van der Waals surface area (Å²) in [5.41, 5.74) is 0.315. The molecule has 1 saturated heterocycles. The predicted octanol–water partition coefficient (Wildman–Crippen LogP) is 2.33. The molecule has 3 fully saturated rings. The average Bonchev–Trinajstić information content (AvgIpc) is 2.80. The van der Waals surface area contributed by atoms with Gasteiger partial charge in [-0.05, 0) is 19.3 Å². The first kappa shape index (κ1) is 13.8. The van der Waals surface area contributed by atoms with E-state index in [0.717, 1.165) is 26.0 Å². The maximum atomic E-state index is 10.3. The molecule has 0 aromatic carbocycles. The quantitative estimate of drug-likeness (QED) is 0.824. The highest BCUT2D eigenvalue weighted by Crippen LogP contribution is 2.52. The molecule has 0 bridgehead atoms. The summed E-state index contributed by atoms with van der Waals surface area (Å²) in [4.78, 5) is 0. The molecule has 5 atom stereocenters. The third-order valence-electron chi connectivity index (χ3n) is 6.11. The standard InChI is InChI=1S/C16H29NO2/c1-15(2)13(11-7-9-19-14(11)15)17-10-16(3)8-5-4-6-12(16)18/h11-14,17-18H,4-10H2,1-3H3. The van der Waals surface area contributed by atoms with Crippen LogP contribution in [-0.2, 0) is 4.74 Å². The third-order valence-corrected chi connectivity index (χ3v) is 6.11. The Labute approximate surface area is 117 Å². The molecule has 0 aromatic rings. The summed E-state index contributed by atoms with van der Waals surface area (Å²) >= 11 is 0.